The molecular weight excluding hydrogens is 302 g/mol. The van der Waals surface area contributed by atoms with Crippen molar-refractivity contribution in [3.8, 4) is 0 Å². The van der Waals surface area contributed by atoms with E-state index in [4.69, 9.17) is 0 Å². The average molecular weight is 326 g/mol. The quantitative estimate of drug-likeness (QED) is 0.793. The van der Waals surface area contributed by atoms with Gasteiger partial charge >= 0.3 is 0 Å². The summed E-state index contributed by atoms with van der Waals surface area (Å²) in [6.07, 6.45) is 1.78. The van der Waals surface area contributed by atoms with Gasteiger partial charge in [-0.1, -0.05) is 12.1 Å². The number of hydrogen-bond acceptors (Lipinski definition) is 3. The Bertz CT molecular complexity index is 522. The zero-order chi connectivity index (χ0) is 15.2. The Balaban J connectivity index is 0.00000242. The van der Waals surface area contributed by atoms with Gasteiger partial charge in [-0.15, -0.1) is 12.4 Å². The fraction of sp³-hybridized carbons (Fsp3) is 0.500. The molecule has 1 aliphatic rings. The normalized spacial score (nSPS) is 20.6. The van der Waals surface area contributed by atoms with Crippen molar-refractivity contribution in [2.24, 2.45) is 5.92 Å². The van der Waals surface area contributed by atoms with E-state index in [1.165, 1.54) is 6.92 Å². The number of rotatable bonds is 4. The predicted octanol–water partition coefficient (Wildman–Crippen LogP) is 2.07. The molecule has 2 rings (SSSR count). The lowest BCUT2D eigenvalue weighted by atomic mass is 9.92. The summed E-state index contributed by atoms with van der Waals surface area (Å²) in [5.74, 6) is 0.118. The molecule has 1 aromatic carbocycles. The number of nitrogens with one attached hydrogen (secondary N) is 3. The minimum absolute atomic E-state index is 0. The summed E-state index contributed by atoms with van der Waals surface area (Å²) in [6.45, 7) is 4.98. The van der Waals surface area contributed by atoms with Crippen LogP contribution in [0.2, 0.25) is 0 Å². The van der Waals surface area contributed by atoms with Crippen LogP contribution in [0.3, 0.4) is 0 Å². The van der Waals surface area contributed by atoms with Crippen molar-refractivity contribution in [2.75, 3.05) is 11.9 Å². The number of halogens is 1. The second-order valence-electron chi connectivity index (χ2n) is 5.68. The largest absolute Gasteiger partial charge is 0.352 e. The molecule has 0 spiro atoms. The molecule has 1 fully saturated rings. The summed E-state index contributed by atoms with van der Waals surface area (Å²) in [4.78, 5) is 23.2. The number of carbonyl (C=O) groups excluding carboxylic acids is 2. The molecule has 3 N–H and O–H groups in total. The van der Waals surface area contributed by atoms with Crippen LogP contribution < -0.4 is 16.0 Å². The van der Waals surface area contributed by atoms with Crippen molar-refractivity contribution in [1.29, 1.82) is 0 Å². The molecule has 2 amide bonds. The van der Waals surface area contributed by atoms with Gasteiger partial charge in [0.2, 0.25) is 11.8 Å². The number of amides is 2. The topological polar surface area (TPSA) is 70.2 Å². The zero-order valence-electron chi connectivity index (χ0n) is 13.0. The summed E-state index contributed by atoms with van der Waals surface area (Å²) in [7, 11) is 0. The van der Waals surface area contributed by atoms with Crippen molar-refractivity contribution in [2.45, 2.75) is 39.3 Å². The van der Waals surface area contributed by atoms with Gasteiger partial charge < -0.3 is 16.0 Å². The molecule has 2 atom stereocenters. The highest BCUT2D eigenvalue weighted by molar-refractivity contribution is 5.88. The van der Waals surface area contributed by atoms with Crippen molar-refractivity contribution >= 4 is 29.9 Å². The summed E-state index contributed by atoms with van der Waals surface area (Å²) < 4.78 is 0. The highest BCUT2D eigenvalue weighted by Crippen LogP contribution is 2.16. The van der Waals surface area contributed by atoms with Gasteiger partial charge in [-0.3, -0.25) is 9.59 Å². The minimum atomic E-state index is -0.0973. The molecule has 0 bridgehead atoms. The molecule has 1 aromatic rings. The van der Waals surface area contributed by atoms with E-state index >= 15 is 0 Å². The second-order valence-corrected chi connectivity index (χ2v) is 5.68. The summed E-state index contributed by atoms with van der Waals surface area (Å²) >= 11 is 0. The average Bonchev–Trinajstić information content (AvgIpc) is 2.44. The van der Waals surface area contributed by atoms with Gasteiger partial charge in [-0.05, 0) is 44.0 Å². The number of hydrogen-bond donors (Lipinski definition) is 3. The summed E-state index contributed by atoms with van der Waals surface area (Å²) in [6, 6.07) is 7.93. The lowest BCUT2D eigenvalue weighted by Gasteiger charge is -2.27. The van der Waals surface area contributed by atoms with Gasteiger partial charge in [0.15, 0.2) is 0 Å². The molecule has 6 heteroatoms. The van der Waals surface area contributed by atoms with Crippen molar-refractivity contribution in [3.05, 3.63) is 29.8 Å². The third-order valence-corrected chi connectivity index (χ3v) is 3.71. The van der Waals surface area contributed by atoms with E-state index in [1.807, 2.05) is 24.3 Å². The molecule has 0 radical (unpaired) electrons. The van der Waals surface area contributed by atoms with E-state index in [-0.39, 0.29) is 30.1 Å². The van der Waals surface area contributed by atoms with Crippen LogP contribution in [-0.4, -0.2) is 24.4 Å². The fourth-order valence-electron chi connectivity index (χ4n) is 2.67. The van der Waals surface area contributed by atoms with E-state index in [9.17, 15) is 9.59 Å². The Kier molecular flexibility index (Phi) is 7.35. The number of carbonyl (C=O) groups is 2. The maximum atomic E-state index is 12.2. The molecule has 1 heterocycles. The molecule has 0 unspecified atom stereocenters. The molecule has 0 aromatic heterocycles. The van der Waals surface area contributed by atoms with Crippen LogP contribution in [0.25, 0.3) is 0 Å². The predicted molar refractivity (Wildman–Crippen MR) is 90.0 cm³/mol. The van der Waals surface area contributed by atoms with Crippen LogP contribution in [0.15, 0.2) is 24.3 Å². The van der Waals surface area contributed by atoms with Crippen molar-refractivity contribution in [3.63, 3.8) is 0 Å². The molecule has 1 aliphatic heterocycles. The standard InChI is InChI=1S/C16H23N3O2.ClH/c1-11-8-14(6-7-17-11)16(21)18-10-13-4-3-5-15(9-13)19-12(2)20;/h3-5,9,11,14,17H,6-8,10H2,1-2H3,(H,18,21)(H,19,20);1H/t11-,14-;/m0./s1. The molecular formula is C16H24ClN3O2. The third-order valence-electron chi connectivity index (χ3n) is 3.71. The summed E-state index contributed by atoms with van der Waals surface area (Å²) in [5, 5.41) is 9.08. The maximum Gasteiger partial charge on any atom is 0.223 e. The Morgan fingerprint density at radius 1 is 1.36 bits per heavy atom. The molecule has 22 heavy (non-hydrogen) atoms. The van der Waals surface area contributed by atoms with Crippen molar-refractivity contribution < 1.29 is 9.59 Å². The Morgan fingerprint density at radius 3 is 2.82 bits per heavy atom. The number of anilines is 1. The number of benzene rings is 1. The third kappa shape index (κ3) is 5.66. The van der Waals surface area contributed by atoms with E-state index in [0.29, 0.717) is 12.6 Å². The Morgan fingerprint density at radius 2 is 2.14 bits per heavy atom. The molecule has 122 valence electrons. The van der Waals surface area contributed by atoms with E-state index in [0.717, 1.165) is 30.6 Å². The van der Waals surface area contributed by atoms with Crippen LogP contribution in [0.4, 0.5) is 5.69 Å². The zero-order valence-corrected chi connectivity index (χ0v) is 13.8. The molecule has 0 aliphatic carbocycles. The van der Waals surface area contributed by atoms with Gasteiger partial charge in [0.05, 0.1) is 0 Å². The first-order valence-corrected chi connectivity index (χ1v) is 7.42. The molecule has 5 nitrogen and oxygen atoms in total. The van der Waals surface area contributed by atoms with Gasteiger partial charge in [-0.2, -0.15) is 0 Å². The second kappa shape index (κ2) is 8.76. The fourth-order valence-corrected chi connectivity index (χ4v) is 2.67. The number of piperidine rings is 1. The first kappa shape index (κ1) is 18.5. The van der Waals surface area contributed by atoms with Crippen LogP contribution in [0.5, 0.6) is 0 Å². The van der Waals surface area contributed by atoms with E-state index in [1.54, 1.807) is 0 Å². The molecule has 0 saturated carbocycles. The summed E-state index contributed by atoms with van der Waals surface area (Å²) in [5.41, 5.74) is 1.74. The highest BCUT2D eigenvalue weighted by Gasteiger charge is 2.24. The Labute approximate surface area is 137 Å². The van der Waals surface area contributed by atoms with E-state index in [2.05, 4.69) is 22.9 Å². The van der Waals surface area contributed by atoms with Crippen LogP contribution >= 0.6 is 12.4 Å². The van der Waals surface area contributed by atoms with Gasteiger partial charge in [0.1, 0.15) is 0 Å². The van der Waals surface area contributed by atoms with Gasteiger partial charge in [-0.25, -0.2) is 0 Å². The first-order chi connectivity index (χ1) is 10.0. The first-order valence-electron chi connectivity index (χ1n) is 7.42. The smallest absolute Gasteiger partial charge is 0.223 e. The van der Waals surface area contributed by atoms with Crippen LogP contribution in [0, 0.1) is 5.92 Å². The van der Waals surface area contributed by atoms with Crippen LogP contribution in [0.1, 0.15) is 32.3 Å². The monoisotopic (exact) mass is 325 g/mol. The Hall–Kier alpha value is -1.59. The van der Waals surface area contributed by atoms with E-state index < -0.39 is 0 Å². The van der Waals surface area contributed by atoms with Gasteiger partial charge in [0.25, 0.3) is 0 Å². The van der Waals surface area contributed by atoms with Gasteiger partial charge in [0, 0.05) is 31.1 Å². The molecule has 1 saturated heterocycles. The van der Waals surface area contributed by atoms with Crippen LogP contribution in [-0.2, 0) is 16.1 Å². The van der Waals surface area contributed by atoms with Crippen molar-refractivity contribution in [1.82, 2.24) is 10.6 Å². The maximum absolute atomic E-state index is 12.2. The SMILES string of the molecule is CC(=O)Nc1cccc(CNC(=O)[C@H]2CCN[C@@H](C)C2)c1.Cl. The lowest BCUT2D eigenvalue weighted by Crippen LogP contribution is -2.42. The minimum Gasteiger partial charge on any atom is -0.352 e. The lowest BCUT2D eigenvalue weighted by molar-refractivity contribution is -0.126. The highest BCUT2D eigenvalue weighted by atomic mass is 35.5.